The molecule has 4 fully saturated rings. The molecule has 6 atom stereocenters. The van der Waals surface area contributed by atoms with Crippen molar-refractivity contribution in [3.05, 3.63) is 29.3 Å². The molecule has 6 rings (SSSR count). The van der Waals surface area contributed by atoms with Crippen molar-refractivity contribution < 1.29 is 24.1 Å². The van der Waals surface area contributed by atoms with E-state index in [0.29, 0.717) is 17.9 Å². The minimum absolute atomic E-state index is 0.0296. The number of rotatable bonds is 3. The maximum Gasteiger partial charge on any atom is 0.308 e. The van der Waals surface area contributed by atoms with Crippen LogP contribution in [0.5, 0.6) is 11.5 Å². The van der Waals surface area contributed by atoms with Crippen molar-refractivity contribution in [2.24, 2.45) is 11.8 Å². The minimum Gasteiger partial charge on any atom is -0.493 e. The third-order valence-electron chi connectivity index (χ3n) is 8.40. The number of hydrogen-bond donors (Lipinski definition) is 1. The fourth-order valence-corrected chi connectivity index (χ4v) is 7.48. The van der Waals surface area contributed by atoms with E-state index in [1.54, 1.807) is 14.2 Å². The number of anilines is 1. The van der Waals surface area contributed by atoms with E-state index in [2.05, 4.69) is 15.9 Å². The van der Waals surface area contributed by atoms with Gasteiger partial charge in [-0.3, -0.25) is 9.69 Å². The first-order valence-electron chi connectivity index (χ1n) is 10.3. The van der Waals surface area contributed by atoms with Crippen LogP contribution in [-0.2, 0) is 14.9 Å². The molecule has 1 aromatic rings. The molecule has 29 heavy (non-hydrogen) atoms. The zero-order valence-corrected chi connectivity index (χ0v) is 17.1. The largest absolute Gasteiger partial charge is 0.493 e. The lowest BCUT2D eigenvalue weighted by Crippen LogP contribution is -2.75. The summed E-state index contributed by atoms with van der Waals surface area (Å²) >= 11 is 0. The SMILES string of the molecule is CC=C1CN2C3CC45c6cc(OC)c(OC)cc6N(C)C4(O3)C2CC1C5C(=O)O. The van der Waals surface area contributed by atoms with Crippen molar-refractivity contribution >= 4 is 11.7 Å². The highest BCUT2D eigenvalue weighted by Gasteiger charge is 2.83. The lowest BCUT2D eigenvalue weighted by Gasteiger charge is -2.61. The van der Waals surface area contributed by atoms with Crippen molar-refractivity contribution in [3.8, 4) is 11.5 Å². The number of aliphatic carboxylic acids is 1. The molecule has 6 unspecified atom stereocenters. The molecule has 1 saturated carbocycles. The molecule has 1 aromatic carbocycles. The van der Waals surface area contributed by atoms with Crippen LogP contribution in [0.3, 0.4) is 0 Å². The third-order valence-corrected chi connectivity index (χ3v) is 8.40. The first-order chi connectivity index (χ1) is 13.9. The van der Waals surface area contributed by atoms with E-state index in [4.69, 9.17) is 14.2 Å². The second-order valence-corrected chi connectivity index (χ2v) is 8.94. The van der Waals surface area contributed by atoms with E-state index >= 15 is 0 Å². The molecule has 7 heteroatoms. The number of nitrogens with zero attached hydrogens (tertiary/aromatic N) is 2. The second-order valence-electron chi connectivity index (χ2n) is 8.94. The summed E-state index contributed by atoms with van der Waals surface area (Å²) in [4.78, 5) is 17.5. The maximum atomic E-state index is 12.8. The zero-order valence-electron chi connectivity index (χ0n) is 17.1. The number of ether oxygens (including phenoxy) is 3. The van der Waals surface area contributed by atoms with E-state index in [0.717, 1.165) is 24.2 Å². The molecule has 154 valence electrons. The summed E-state index contributed by atoms with van der Waals surface area (Å²) in [7, 11) is 5.29. The maximum absolute atomic E-state index is 12.8. The molecule has 1 spiro atoms. The number of carboxylic acid groups (broad SMARTS) is 1. The molecule has 0 aromatic heterocycles. The number of allylic oxidation sites excluding steroid dienone is 1. The minimum atomic E-state index is -0.729. The number of hydrogen-bond acceptors (Lipinski definition) is 6. The van der Waals surface area contributed by atoms with Gasteiger partial charge in [-0.05, 0) is 30.9 Å². The number of carboxylic acids is 1. The topological polar surface area (TPSA) is 71.5 Å². The molecular weight excluding hydrogens is 372 g/mol. The Morgan fingerprint density at radius 1 is 1.31 bits per heavy atom. The molecule has 0 radical (unpaired) electrons. The lowest BCUT2D eigenvalue weighted by molar-refractivity contribution is -0.159. The van der Waals surface area contributed by atoms with Crippen LogP contribution in [0.25, 0.3) is 0 Å². The highest BCUT2D eigenvalue weighted by Crippen LogP contribution is 2.74. The summed E-state index contributed by atoms with van der Waals surface area (Å²) in [6.07, 6.45) is 3.58. The van der Waals surface area contributed by atoms with Gasteiger partial charge in [-0.15, -0.1) is 0 Å². The van der Waals surface area contributed by atoms with Crippen LogP contribution in [0.15, 0.2) is 23.8 Å². The van der Waals surface area contributed by atoms with Gasteiger partial charge in [0.2, 0.25) is 0 Å². The molecule has 7 nitrogen and oxygen atoms in total. The van der Waals surface area contributed by atoms with Crippen LogP contribution in [0.4, 0.5) is 5.69 Å². The number of carbonyl (C=O) groups is 1. The number of benzene rings is 1. The lowest BCUT2D eigenvalue weighted by atomic mass is 9.49. The van der Waals surface area contributed by atoms with Crippen molar-refractivity contribution in [1.82, 2.24) is 4.90 Å². The normalized spacial score (nSPS) is 42.3. The van der Waals surface area contributed by atoms with E-state index in [-0.39, 0.29) is 18.2 Å². The van der Waals surface area contributed by atoms with E-state index in [1.807, 2.05) is 26.1 Å². The average Bonchev–Trinajstić information content (AvgIpc) is 3.31. The Hall–Kier alpha value is -2.25. The summed E-state index contributed by atoms with van der Waals surface area (Å²) in [5.74, 6) is 0.0603. The fraction of sp³-hybridized carbons (Fsp3) is 0.591. The number of likely N-dealkylation sites (N-methyl/N-ethyl adjacent to an activating group) is 1. The zero-order chi connectivity index (χ0) is 20.3. The fourth-order valence-electron chi connectivity index (χ4n) is 7.48. The standard InChI is InChI=1S/C22H26N2O5/c1-5-11-10-24-17-6-12(11)19(20(25)26)21-9-18(24)29-22(17,21)23(2)14-8-16(28-4)15(27-3)7-13(14)21/h5,7-8,12,17-19H,6,9-10H2,1-4H3,(H,25,26). The van der Waals surface area contributed by atoms with Gasteiger partial charge < -0.3 is 24.2 Å². The molecule has 4 heterocycles. The van der Waals surface area contributed by atoms with Gasteiger partial charge in [0.1, 0.15) is 6.23 Å². The molecule has 1 N–H and O–H groups in total. The quantitative estimate of drug-likeness (QED) is 0.783. The summed E-state index contributed by atoms with van der Waals surface area (Å²) < 4.78 is 17.9. The van der Waals surface area contributed by atoms with Crippen molar-refractivity contribution in [2.45, 2.75) is 43.2 Å². The summed E-state index contributed by atoms with van der Waals surface area (Å²) in [5.41, 5.74) is 1.98. The van der Waals surface area contributed by atoms with E-state index in [9.17, 15) is 9.90 Å². The van der Waals surface area contributed by atoms with Gasteiger partial charge in [0, 0.05) is 31.8 Å². The first-order valence-corrected chi connectivity index (χ1v) is 10.3. The molecule has 4 bridgehead atoms. The molecular formula is C22H26N2O5. The molecule has 4 aliphatic heterocycles. The monoisotopic (exact) mass is 398 g/mol. The Morgan fingerprint density at radius 3 is 2.69 bits per heavy atom. The Labute approximate surface area is 169 Å². The van der Waals surface area contributed by atoms with Crippen LogP contribution in [0.2, 0.25) is 0 Å². The Kier molecular flexibility index (Phi) is 3.19. The predicted molar refractivity (Wildman–Crippen MR) is 105 cm³/mol. The highest BCUT2D eigenvalue weighted by atomic mass is 16.6. The van der Waals surface area contributed by atoms with Gasteiger partial charge in [-0.1, -0.05) is 11.6 Å². The van der Waals surface area contributed by atoms with E-state index in [1.165, 1.54) is 5.57 Å². The predicted octanol–water partition coefficient (Wildman–Crippen LogP) is 2.20. The van der Waals surface area contributed by atoms with Gasteiger partial charge in [0.25, 0.3) is 0 Å². The summed E-state index contributed by atoms with van der Waals surface area (Å²) in [6, 6.07) is 4.16. The van der Waals surface area contributed by atoms with Crippen molar-refractivity contribution in [1.29, 1.82) is 0 Å². The molecule has 1 aliphatic carbocycles. The molecule has 5 aliphatic rings. The van der Waals surface area contributed by atoms with Crippen LogP contribution in [-0.4, -0.2) is 61.8 Å². The smallest absolute Gasteiger partial charge is 0.308 e. The van der Waals surface area contributed by atoms with Gasteiger partial charge in [-0.2, -0.15) is 0 Å². The average molecular weight is 398 g/mol. The van der Waals surface area contributed by atoms with Gasteiger partial charge >= 0.3 is 5.97 Å². The van der Waals surface area contributed by atoms with E-state index < -0.39 is 23.0 Å². The van der Waals surface area contributed by atoms with Crippen LogP contribution < -0.4 is 14.4 Å². The van der Waals surface area contributed by atoms with Gasteiger partial charge in [0.15, 0.2) is 17.2 Å². The molecule has 0 amide bonds. The number of piperidine rings is 2. The molecule has 3 saturated heterocycles. The number of fused-ring (bicyclic) bond motifs is 4. The Bertz CT molecular complexity index is 976. The number of methoxy groups -OCH3 is 2. The Balaban J connectivity index is 1.68. The summed E-state index contributed by atoms with van der Waals surface area (Å²) in [5, 5.41) is 10.5. The van der Waals surface area contributed by atoms with Crippen LogP contribution >= 0.6 is 0 Å². The third kappa shape index (κ3) is 1.62. The summed E-state index contributed by atoms with van der Waals surface area (Å²) in [6.45, 7) is 2.83. The van der Waals surface area contributed by atoms with Gasteiger partial charge in [-0.25, -0.2) is 0 Å². The van der Waals surface area contributed by atoms with Crippen LogP contribution in [0.1, 0.15) is 25.3 Å². The Morgan fingerprint density at radius 2 is 2.03 bits per heavy atom. The second kappa shape index (κ2) is 5.26. The highest BCUT2D eigenvalue weighted by molar-refractivity contribution is 5.82. The van der Waals surface area contributed by atoms with Crippen molar-refractivity contribution in [3.63, 3.8) is 0 Å². The first kappa shape index (κ1) is 17.6. The van der Waals surface area contributed by atoms with Crippen LogP contribution in [0, 0.1) is 11.8 Å². The van der Waals surface area contributed by atoms with Gasteiger partial charge in [0.05, 0.1) is 31.6 Å². The van der Waals surface area contributed by atoms with Crippen molar-refractivity contribution in [2.75, 3.05) is 32.7 Å².